The van der Waals surface area contributed by atoms with Gasteiger partial charge in [-0.25, -0.2) is 0 Å². The molecule has 0 rings (SSSR count). The number of carbonyl (C=O) groups excluding carboxylic acids is 3. The van der Waals surface area contributed by atoms with Crippen molar-refractivity contribution in [1.82, 2.24) is 0 Å². The van der Waals surface area contributed by atoms with Gasteiger partial charge in [0.2, 0.25) is 0 Å². The molecule has 0 aromatic heterocycles. The summed E-state index contributed by atoms with van der Waals surface area (Å²) >= 11 is 0. The first kappa shape index (κ1) is 55.2. The van der Waals surface area contributed by atoms with Crippen molar-refractivity contribution in [3.8, 4) is 0 Å². The second-order valence-electron chi connectivity index (χ2n) is 17.1. The van der Waals surface area contributed by atoms with Gasteiger partial charge in [0, 0.05) is 19.3 Å². The van der Waals surface area contributed by atoms with Crippen molar-refractivity contribution in [3.63, 3.8) is 0 Å². The van der Waals surface area contributed by atoms with Crippen LogP contribution in [0.2, 0.25) is 0 Å². The zero-order valence-electron chi connectivity index (χ0n) is 38.4. The predicted molar refractivity (Wildman–Crippen MR) is 243 cm³/mol. The zero-order chi connectivity index (χ0) is 41.5. The van der Waals surface area contributed by atoms with E-state index < -0.39 is 6.10 Å². The van der Waals surface area contributed by atoms with E-state index in [4.69, 9.17) is 14.2 Å². The molecule has 0 heterocycles. The minimum Gasteiger partial charge on any atom is -0.462 e. The highest BCUT2D eigenvalue weighted by molar-refractivity contribution is 5.71. The quantitative estimate of drug-likeness (QED) is 0.0264. The predicted octanol–water partition coefficient (Wildman–Crippen LogP) is 16.2. The Labute approximate surface area is 354 Å². The van der Waals surface area contributed by atoms with Crippen LogP contribution in [0.5, 0.6) is 0 Å². The fourth-order valence-corrected chi connectivity index (χ4v) is 7.44. The normalized spacial score (nSPS) is 12.0. The maximum absolute atomic E-state index is 12.7. The lowest BCUT2D eigenvalue weighted by atomic mass is 10.0. The van der Waals surface area contributed by atoms with Crippen LogP contribution in [0, 0.1) is 0 Å². The number of carbonyl (C=O) groups is 3. The first-order chi connectivity index (χ1) is 28.0. The van der Waals surface area contributed by atoms with Crippen LogP contribution < -0.4 is 0 Å². The van der Waals surface area contributed by atoms with Crippen molar-refractivity contribution < 1.29 is 28.6 Å². The van der Waals surface area contributed by atoms with Crippen LogP contribution in [-0.2, 0) is 28.6 Å². The molecule has 1 unspecified atom stereocenters. The molecule has 6 nitrogen and oxygen atoms in total. The zero-order valence-corrected chi connectivity index (χ0v) is 38.4. The molecule has 0 N–H and O–H groups in total. The molecule has 336 valence electrons. The molecule has 0 aliphatic heterocycles. The Balaban J connectivity index is 4.21. The average molecular weight is 805 g/mol. The van der Waals surface area contributed by atoms with Crippen LogP contribution in [0.1, 0.15) is 278 Å². The van der Waals surface area contributed by atoms with Crippen molar-refractivity contribution in [1.29, 1.82) is 0 Å². The Morgan fingerprint density at radius 3 is 0.877 bits per heavy atom. The van der Waals surface area contributed by atoms with Crippen LogP contribution in [0.15, 0.2) is 12.2 Å². The summed E-state index contributed by atoms with van der Waals surface area (Å²) in [6.45, 7) is 6.63. The summed E-state index contributed by atoms with van der Waals surface area (Å²) < 4.78 is 16.7. The molecule has 0 saturated carbocycles. The maximum atomic E-state index is 12.7. The molecule has 0 amide bonds. The summed E-state index contributed by atoms with van der Waals surface area (Å²) in [6.07, 6.45) is 50.6. The summed E-state index contributed by atoms with van der Waals surface area (Å²) in [4.78, 5) is 37.7. The maximum Gasteiger partial charge on any atom is 0.306 e. The van der Waals surface area contributed by atoms with Gasteiger partial charge in [-0.15, -0.1) is 0 Å². The number of esters is 3. The molecule has 0 aliphatic rings. The van der Waals surface area contributed by atoms with Gasteiger partial charge in [-0.1, -0.05) is 226 Å². The highest BCUT2D eigenvalue weighted by atomic mass is 16.6. The van der Waals surface area contributed by atoms with Gasteiger partial charge < -0.3 is 14.2 Å². The molecule has 0 aromatic rings. The smallest absolute Gasteiger partial charge is 0.306 e. The van der Waals surface area contributed by atoms with E-state index in [1.54, 1.807) is 0 Å². The molecule has 1 atom stereocenters. The van der Waals surface area contributed by atoms with Crippen LogP contribution >= 0.6 is 0 Å². The van der Waals surface area contributed by atoms with E-state index in [0.717, 1.165) is 57.8 Å². The van der Waals surface area contributed by atoms with Gasteiger partial charge >= 0.3 is 17.9 Å². The SMILES string of the molecule is CCCCCCCC/C=C\CCCCCCCCCCCC(=O)OCC(COC(=O)CCCCCCCCCC)OC(=O)CCCCCCCCCCCCCC. The molecule has 0 fully saturated rings. The Morgan fingerprint density at radius 1 is 0.333 bits per heavy atom. The Kier molecular flexibility index (Phi) is 45.3. The van der Waals surface area contributed by atoms with E-state index in [1.165, 1.54) is 180 Å². The number of unbranched alkanes of at least 4 members (excludes halogenated alkanes) is 33. The van der Waals surface area contributed by atoms with Crippen molar-refractivity contribution in [2.45, 2.75) is 284 Å². The Morgan fingerprint density at radius 2 is 0.579 bits per heavy atom. The first-order valence-electron chi connectivity index (χ1n) is 25.2. The topological polar surface area (TPSA) is 78.9 Å². The van der Waals surface area contributed by atoms with Gasteiger partial charge in [0.15, 0.2) is 6.10 Å². The van der Waals surface area contributed by atoms with Gasteiger partial charge in [0.1, 0.15) is 13.2 Å². The third kappa shape index (κ3) is 45.1. The fourth-order valence-electron chi connectivity index (χ4n) is 7.44. The lowest BCUT2D eigenvalue weighted by Gasteiger charge is -2.18. The van der Waals surface area contributed by atoms with E-state index in [9.17, 15) is 14.4 Å². The second-order valence-corrected chi connectivity index (χ2v) is 17.1. The van der Waals surface area contributed by atoms with E-state index in [1.807, 2.05) is 0 Å². The first-order valence-corrected chi connectivity index (χ1v) is 25.2. The Bertz CT molecular complexity index is 885. The minimum atomic E-state index is -0.762. The number of ether oxygens (including phenoxy) is 3. The summed E-state index contributed by atoms with van der Waals surface area (Å²) in [6, 6.07) is 0. The molecule has 0 aromatic carbocycles. The number of allylic oxidation sites excluding steroid dienone is 2. The van der Waals surface area contributed by atoms with Gasteiger partial charge in [-0.2, -0.15) is 0 Å². The number of rotatable bonds is 46. The summed E-state index contributed by atoms with van der Waals surface area (Å²) in [5.41, 5.74) is 0. The monoisotopic (exact) mass is 805 g/mol. The van der Waals surface area contributed by atoms with Crippen molar-refractivity contribution in [2.24, 2.45) is 0 Å². The van der Waals surface area contributed by atoms with E-state index >= 15 is 0 Å². The standard InChI is InChI=1S/C51H96O6/c1-4-7-10-13-16-19-21-23-24-25-26-27-28-29-31-32-35-38-41-44-50(53)56-47-48(46-55-49(52)43-40-37-34-18-15-12-9-6-3)57-51(54)45-42-39-36-33-30-22-20-17-14-11-8-5-2/h23-24,48H,4-22,25-47H2,1-3H3/b24-23-. The largest absolute Gasteiger partial charge is 0.462 e. The summed E-state index contributed by atoms with van der Waals surface area (Å²) in [5.74, 6) is -0.859. The van der Waals surface area contributed by atoms with Gasteiger partial charge in [0.25, 0.3) is 0 Å². The van der Waals surface area contributed by atoms with Crippen molar-refractivity contribution >= 4 is 17.9 Å². The van der Waals surface area contributed by atoms with Gasteiger partial charge in [-0.05, 0) is 44.9 Å². The molecular formula is C51H96O6. The molecule has 0 aliphatic carbocycles. The highest BCUT2D eigenvalue weighted by Gasteiger charge is 2.19. The molecule has 0 saturated heterocycles. The van der Waals surface area contributed by atoms with Crippen molar-refractivity contribution in [2.75, 3.05) is 13.2 Å². The lowest BCUT2D eigenvalue weighted by molar-refractivity contribution is -0.167. The number of hydrogen-bond donors (Lipinski definition) is 0. The lowest BCUT2D eigenvalue weighted by Crippen LogP contribution is -2.30. The second kappa shape index (κ2) is 46.8. The molecule has 6 heteroatoms. The third-order valence-corrected chi connectivity index (χ3v) is 11.3. The van der Waals surface area contributed by atoms with Crippen LogP contribution in [0.3, 0.4) is 0 Å². The molecular weight excluding hydrogens is 709 g/mol. The summed E-state index contributed by atoms with van der Waals surface area (Å²) in [7, 11) is 0. The Hall–Kier alpha value is -1.85. The van der Waals surface area contributed by atoms with Crippen LogP contribution in [0.4, 0.5) is 0 Å². The van der Waals surface area contributed by atoms with Crippen LogP contribution in [0.25, 0.3) is 0 Å². The van der Waals surface area contributed by atoms with E-state index in [2.05, 4.69) is 32.9 Å². The average Bonchev–Trinajstić information content (AvgIpc) is 3.21. The van der Waals surface area contributed by atoms with Gasteiger partial charge in [0.05, 0.1) is 0 Å². The third-order valence-electron chi connectivity index (χ3n) is 11.3. The summed E-state index contributed by atoms with van der Waals surface area (Å²) in [5, 5.41) is 0. The highest BCUT2D eigenvalue weighted by Crippen LogP contribution is 2.16. The molecule has 0 bridgehead atoms. The minimum absolute atomic E-state index is 0.0662. The molecule has 0 spiro atoms. The number of hydrogen-bond acceptors (Lipinski definition) is 6. The van der Waals surface area contributed by atoms with Gasteiger partial charge in [-0.3, -0.25) is 14.4 Å². The van der Waals surface area contributed by atoms with Crippen LogP contribution in [-0.4, -0.2) is 37.2 Å². The van der Waals surface area contributed by atoms with Crippen molar-refractivity contribution in [3.05, 3.63) is 12.2 Å². The fraction of sp³-hybridized carbons (Fsp3) is 0.902. The molecule has 0 radical (unpaired) electrons. The van der Waals surface area contributed by atoms with E-state index in [-0.39, 0.29) is 31.1 Å². The molecule has 57 heavy (non-hydrogen) atoms. The van der Waals surface area contributed by atoms with E-state index in [0.29, 0.717) is 19.3 Å².